The van der Waals surface area contributed by atoms with Crippen LogP contribution in [-0.2, 0) is 24.1 Å². The van der Waals surface area contributed by atoms with Crippen LogP contribution in [0.4, 0.5) is 10.2 Å². The van der Waals surface area contributed by atoms with Gasteiger partial charge in [-0.3, -0.25) is 4.79 Å². The van der Waals surface area contributed by atoms with Crippen LogP contribution in [0.3, 0.4) is 0 Å². The largest absolute Gasteiger partial charge is 0.378 e. The van der Waals surface area contributed by atoms with E-state index < -0.39 is 0 Å². The number of hydrogen-bond donors (Lipinski definition) is 1. The SMILES string of the molecule is O=C(NCc1ccnc(N2CCOCC2)c1)c1nn(-c2ccc(F)cc2)c2c1CCCC2. The first-order chi connectivity index (χ1) is 15.7. The van der Waals surface area contributed by atoms with Gasteiger partial charge in [-0.1, -0.05) is 0 Å². The molecule has 1 saturated heterocycles. The summed E-state index contributed by atoms with van der Waals surface area (Å²) in [6.45, 7) is 3.43. The fraction of sp³-hybridized carbons (Fsp3) is 0.375. The molecule has 0 atom stereocenters. The zero-order chi connectivity index (χ0) is 21.9. The average Bonchev–Trinajstić information content (AvgIpc) is 3.24. The Morgan fingerprint density at radius 3 is 2.69 bits per heavy atom. The molecule has 32 heavy (non-hydrogen) atoms. The van der Waals surface area contributed by atoms with Crippen molar-refractivity contribution in [1.29, 1.82) is 0 Å². The van der Waals surface area contributed by atoms with Crippen molar-refractivity contribution in [2.24, 2.45) is 0 Å². The second kappa shape index (κ2) is 9.08. The maximum Gasteiger partial charge on any atom is 0.272 e. The molecule has 1 N–H and O–H groups in total. The average molecular weight is 436 g/mol. The Morgan fingerprint density at radius 2 is 1.88 bits per heavy atom. The standard InChI is InChI=1S/C24H26FN5O2/c25-18-5-7-19(8-6-18)30-21-4-2-1-3-20(21)23(28-30)24(31)27-16-17-9-10-26-22(15-17)29-11-13-32-14-12-29/h5-10,15H,1-4,11-14,16H2,(H,27,31). The van der Waals surface area contributed by atoms with E-state index in [0.29, 0.717) is 25.5 Å². The van der Waals surface area contributed by atoms with Gasteiger partial charge in [0.1, 0.15) is 11.6 Å². The summed E-state index contributed by atoms with van der Waals surface area (Å²) in [5.41, 5.74) is 4.27. The number of carbonyl (C=O) groups excluding carboxylic acids is 1. The molecule has 1 amide bonds. The van der Waals surface area contributed by atoms with Gasteiger partial charge in [0.2, 0.25) is 0 Å². The number of anilines is 1. The van der Waals surface area contributed by atoms with E-state index in [1.54, 1.807) is 23.0 Å². The summed E-state index contributed by atoms with van der Waals surface area (Å²) in [6, 6.07) is 10.2. The molecular formula is C24H26FN5O2. The van der Waals surface area contributed by atoms with E-state index in [2.05, 4.69) is 20.3 Å². The first-order valence-electron chi connectivity index (χ1n) is 11.1. The summed E-state index contributed by atoms with van der Waals surface area (Å²) >= 11 is 0. The summed E-state index contributed by atoms with van der Waals surface area (Å²) in [6.07, 6.45) is 5.56. The van der Waals surface area contributed by atoms with Crippen molar-refractivity contribution in [3.63, 3.8) is 0 Å². The number of pyridine rings is 1. The molecule has 1 aliphatic heterocycles. The molecule has 0 saturated carbocycles. The quantitative estimate of drug-likeness (QED) is 0.667. The molecule has 0 radical (unpaired) electrons. The monoisotopic (exact) mass is 435 g/mol. The van der Waals surface area contributed by atoms with E-state index in [1.165, 1.54) is 12.1 Å². The van der Waals surface area contributed by atoms with Gasteiger partial charge in [-0.15, -0.1) is 0 Å². The normalized spacial score (nSPS) is 16.0. The lowest BCUT2D eigenvalue weighted by molar-refractivity contribution is 0.0944. The first kappa shape index (κ1) is 20.6. The van der Waals surface area contributed by atoms with Gasteiger partial charge in [0.15, 0.2) is 5.69 Å². The maximum absolute atomic E-state index is 13.4. The second-order valence-electron chi connectivity index (χ2n) is 8.17. The van der Waals surface area contributed by atoms with Crippen LogP contribution < -0.4 is 10.2 Å². The van der Waals surface area contributed by atoms with Crippen molar-refractivity contribution in [1.82, 2.24) is 20.1 Å². The number of hydrogen-bond acceptors (Lipinski definition) is 5. The molecule has 2 aromatic heterocycles. The lowest BCUT2D eigenvalue weighted by Crippen LogP contribution is -2.36. The molecule has 0 unspecified atom stereocenters. The van der Waals surface area contributed by atoms with Gasteiger partial charge < -0.3 is 15.0 Å². The molecule has 1 aliphatic carbocycles. The van der Waals surface area contributed by atoms with Crippen molar-refractivity contribution in [3.8, 4) is 5.69 Å². The van der Waals surface area contributed by atoms with Crippen LogP contribution in [0.2, 0.25) is 0 Å². The van der Waals surface area contributed by atoms with Crippen LogP contribution in [-0.4, -0.2) is 47.0 Å². The Morgan fingerprint density at radius 1 is 1.09 bits per heavy atom. The molecule has 8 heteroatoms. The lowest BCUT2D eigenvalue weighted by Gasteiger charge is -2.28. The topological polar surface area (TPSA) is 72.3 Å². The number of amides is 1. The Hall–Kier alpha value is -3.26. The van der Waals surface area contributed by atoms with E-state index in [0.717, 1.165) is 67.1 Å². The van der Waals surface area contributed by atoms with Gasteiger partial charge in [0, 0.05) is 37.1 Å². The third-order valence-electron chi connectivity index (χ3n) is 6.06. The Labute approximate surface area is 186 Å². The predicted octanol–water partition coefficient (Wildman–Crippen LogP) is 3.05. The number of nitrogens with zero attached hydrogens (tertiary/aromatic N) is 4. The van der Waals surface area contributed by atoms with E-state index in [9.17, 15) is 9.18 Å². The number of halogens is 1. The van der Waals surface area contributed by atoms with Crippen molar-refractivity contribution in [3.05, 3.63) is 70.9 Å². The fourth-order valence-corrected chi connectivity index (χ4v) is 4.38. The summed E-state index contributed by atoms with van der Waals surface area (Å²) in [4.78, 5) is 19.7. The summed E-state index contributed by atoms with van der Waals surface area (Å²) in [5, 5.41) is 7.67. The second-order valence-corrected chi connectivity index (χ2v) is 8.17. The highest BCUT2D eigenvalue weighted by Gasteiger charge is 2.25. The van der Waals surface area contributed by atoms with Crippen molar-refractivity contribution >= 4 is 11.7 Å². The van der Waals surface area contributed by atoms with Gasteiger partial charge in [-0.25, -0.2) is 14.1 Å². The maximum atomic E-state index is 13.4. The molecule has 166 valence electrons. The lowest BCUT2D eigenvalue weighted by atomic mass is 9.95. The Bertz CT molecular complexity index is 1110. The molecule has 5 rings (SSSR count). The number of rotatable bonds is 5. The summed E-state index contributed by atoms with van der Waals surface area (Å²) in [7, 11) is 0. The summed E-state index contributed by atoms with van der Waals surface area (Å²) in [5.74, 6) is 0.424. The van der Waals surface area contributed by atoms with E-state index in [-0.39, 0.29) is 11.7 Å². The van der Waals surface area contributed by atoms with Crippen LogP contribution in [0.25, 0.3) is 5.69 Å². The third kappa shape index (κ3) is 4.23. The van der Waals surface area contributed by atoms with Crippen molar-refractivity contribution in [2.75, 3.05) is 31.2 Å². The van der Waals surface area contributed by atoms with Gasteiger partial charge in [0.25, 0.3) is 5.91 Å². The first-order valence-corrected chi connectivity index (χ1v) is 11.1. The molecule has 1 aromatic carbocycles. The third-order valence-corrected chi connectivity index (χ3v) is 6.06. The van der Waals surface area contributed by atoms with E-state index in [1.807, 2.05) is 12.1 Å². The molecule has 3 heterocycles. The Kier molecular flexibility index (Phi) is 5.85. The number of carbonyl (C=O) groups is 1. The Balaban J connectivity index is 1.34. The van der Waals surface area contributed by atoms with Crippen LogP contribution >= 0.6 is 0 Å². The predicted molar refractivity (Wildman–Crippen MR) is 119 cm³/mol. The van der Waals surface area contributed by atoms with Crippen LogP contribution in [0.1, 0.15) is 40.2 Å². The molecule has 1 fully saturated rings. The highest BCUT2D eigenvalue weighted by Crippen LogP contribution is 2.27. The zero-order valence-corrected chi connectivity index (χ0v) is 17.9. The minimum Gasteiger partial charge on any atom is -0.378 e. The van der Waals surface area contributed by atoms with E-state index >= 15 is 0 Å². The van der Waals surface area contributed by atoms with Gasteiger partial charge in [-0.05, 0) is 67.6 Å². The minimum absolute atomic E-state index is 0.186. The van der Waals surface area contributed by atoms with Gasteiger partial charge in [0.05, 0.1) is 18.9 Å². The molecule has 2 aliphatic rings. The van der Waals surface area contributed by atoms with Crippen molar-refractivity contribution < 1.29 is 13.9 Å². The molecule has 0 bridgehead atoms. The van der Waals surface area contributed by atoms with Crippen molar-refractivity contribution in [2.45, 2.75) is 32.2 Å². The molecular weight excluding hydrogens is 409 g/mol. The van der Waals surface area contributed by atoms with Gasteiger partial charge in [-0.2, -0.15) is 5.10 Å². The number of ether oxygens (including phenoxy) is 1. The smallest absolute Gasteiger partial charge is 0.272 e. The number of nitrogens with one attached hydrogen (secondary N) is 1. The molecule has 7 nitrogen and oxygen atoms in total. The number of benzene rings is 1. The number of fused-ring (bicyclic) bond motifs is 1. The van der Waals surface area contributed by atoms with Gasteiger partial charge >= 0.3 is 0 Å². The number of morpholine rings is 1. The van der Waals surface area contributed by atoms with Crippen LogP contribution in [0, 0.1) is 5.82 Å². The highest BCUT2D eigenvalue weighted by atomic mass is 19.1. The van der Waals surface area contributed by atoms with E-state index in [4.69, 9.17) is 4.74 Å². The molecule has 3 aromatic rings. The molecule has 0 spiro atoms. The zero-order valence-electron chi connectivity index (χ0n) is 17.9. The van der Waals surface area contributed by atoms with Crippen LogP contribution in [0.5, 0.6) is 0 Å². The highest BCUT2D eigenvalue weighted by molar-refractivity contribution is 5.94. The minimum atomic E-state index is -0.290. The van der Waals surface area contributed by atoms with Crippen LogP contribution in [0.15, 0.2) is 42.6 Å². The summed E-state index contributed by atoms with van der Waals surface area (Å²) < 4.78 is 20.6. The fourth-order valence-electron chi connectivity index (χ4n) is 4.38. The number of aromatic nitrogens is 3.